The van der Waals surface area contributed by atoms with Gasteiger partial charge in [-0.15, -0.1) is 0 Å². The molecule has 2 rings (SSSR count). The Morgan fingerprint density at radius 2 is 1.94 bits per heavy atom. The molecule has 0 spiro atoms. The van der Waals surface area contributed by atoms with Crippen molar-refractivity contribution in [2.24, 2.45) is 0 Å². The molecule has 1 heterocycles. The molecular weight excluding hydrogens is 210 g/mol. The first kappa shape index (κ1) is 10.0. The van der Waals surface area contributed by atoms with Gasteiger partial charge in [0.1, 0.15) is 6.20 Å². The highest BCUT2D eigenvalue weighted by atomic mass is 16.6. The van der Waals surface area contributed by atoms with Crippen LogP contribution in [0.1, 0.15) is 0 Å². The molecule has 0 amide bonds. The second-order valence-corrected chi connectivity index (χ2v) is 3.03. The predicted molar refractivity (Wildman–Crippen MR) is 55.8 cm³/mol. The van der Waals surface area contributed by atoms with E-state index in [0.717, 1.165) is 6.20 Å². The minimum absolute atomic E-state index is 0.109. The van der Waals surface area contributed by atoms with Crippen molar-refractivity contribution in [2.45, 2.75) is 0 Å². The highest BCUT2D eigenvalue weighted by molar-refractivity contribution is 5.68. The highest BCUT2D eigenvalue weighted by Crippen LogP contribution is 2.27. The van der Waals surface area contributed by atoms with Crippen molar-refractivity contribution < 1.29 is 10.0 Å². The summed E-state index contributed by atoms with van der Waals surface area (Å²) >= 11 is 0. The molecule has 0 aliphatic rings. The minimum Gasteiger partial charge on any atom is -0.479 e. The number of hydrogen-bond acceptors (Lipinski definition) is 5. The second-order valence-electron chi connectivity index (χ2n) is 3.03. The predicted octanol–water partition coefficient (Wildman–Crippen LogP) is 1.76. The lowest BCUT2D eigenvalue weighted by molar-refractivity contribution is -0.384. The van der Waals surface area contributed by atoms with Gasteiger partial charge in [0.05, 0.1) is 4.92 Å². The van der Waals surface area contributed by atoms with Crippen LogP contribution in [0.25, 0.3) is 11.3 Å². The topological polar surface area (TPSA) is 89.2 Å². The Balaban J connectivity index is 2.63. The van der Waals surface area contributed by atoms with Crippen LogP contribution in [0.3, 0.4) is 0 Å². The zero-order chi connectivity index (χ0) is 11.5. The first-order valence-corrected chi connectivity index (χ1v) is 4.44. The Hall–Kier alpha value is -2.50. The average Bonchev–Trinajstić information content (AvgIpc) is 2.29. The molecule has 1 aromatic carbocycles. The van der Waals surface area contributed by atoms with Crippen LogP contribution in [0.4, 0.5) is 5.69 Å². The van der Waals surface area contributed by atoms with Crippen LogP contribution < -0.4 is 0 Å². The van der Waals surface area contributed by atoms with Gasteiger partial charge < -0.3 is 5.11 Å². The zero-order valence-electron chi connectivity index (χ0n) is 8.07. The average molecular weight is 217 g/mol. The van der Waals surface area contributed by atoms with Crippen molar-refractivity contribution in [1.82, 2.24) is 9.97 Å². The molecule has 0 unspecified atom stereocenters. The maximum absolute atomic E-state index is 10.8. The zero-order valence-corrected chi connectivity index (χ0v) is 8.07. The van der Waals surface area contributed by atoms with Gasteiger partial charge >= 0.3 is 11.7 Å². The van der Waals surface area contributed by atoms with E-state index in [1.54, 1.807) is 30.3 Å². The summed E-state index contributed by atoms with van der Waals surface area (Å²) in [5.74, 6) is 0. The lowest BCUT2D eigenvalue weighted by Crippen LogP contribution is -1.96. The number of aromatic nitrogens is 2. The van der Waals surface area contributed by atoms with E-state index < -0.39 is 10.9 Å². The summed E-state index contributed by atoms with van der Waals surface area (Å²) in [7, 11) is 0. The van der Waals surface area contributed by atoms with Crippen LogP contribution in [0.15, 0.2) is 36.5 Å². The van der Waals surface area contributed by atoms with Crippen LogP contribution in [-0.2, 0) is 0 Å². The van der Waals surface area contributed by atoms with Crippen LogP contribution in [0.5, 0.6) is 6.01 Å². The fourth-order valence-corrected chi connectivity index (χ4v) is 1.31. The molecule has 0 bridgehead atoms. The van der Waals surface area contributed by atoms with Crippen molar-refractivity contribution in [3.05, 3.63) is 46.6 Å². The lowest BCUT2D eigenvalue weighted by atomic mass is 10.1. The summed E-state index contributed by atoms with van der Waals surface area (Å²) in [6.45, 7) is 0. The number of nitro groups is 1. The SMILES string of the molecule is O=[N+]([O-])c1cnc(O)nc1-c1ccccc1. The summed E-state index contributed by atoms with van der Waals surface area (Å²) in [4.78, 5) is 17.2. The third-order valence-electron chi connectivity index (χ3n) is 2.00. The number of aromatic hydroxyl groups is 1. The molecule has 6 heteroatoms. The molecule has 0 radical (unpaired) electrons. The van der Waals surface area contributed by atoms with Crippen LogP contribution in [0, 0.1) is 10.1 Å². The maximum atomic E-state index is 10.8. The molecule has 0 fully saturated rings. The van der Waals surface area contributed by atoms with Gasteiger partial charge in [-0.1, -0.05) is 30.3 Å². The Bertz CT molecular complexity index is 528. The van der Waals surface area contributed by atoms with Crippen molar-refractivity contribution in [3.8, 4) is 17.3 Å². The van der Waals surface area contributed by atoms with E-state index in [0.29, 0.717) is 5.56 Å². The van der Waals surface area contributed by atoms with E-state index in [9.17, 15) is 10.1 Å². The molecule has 0 aliphatic carbocycles. The first-order valence-electron chi connectivity index (χ1n) is 4.44. The molecule has 2 aromatic rings. The molecule has 1 N–H and O–H groups in total. The number of nitrogens with zero attached hydrogens (tertiary/aromatic N) is 3. The van der Waals surface area contributed by atoms with Gasteiger partial charge in [-0.3, -0.25) is 10.1 Å². The van der Waals surface area contributed by atoms with E-state index >= 15 is 0 Å². The number of rotatable bonds is 2. The van der Waals surface area contributed by atoms with Crippen LogP contribution >= 0.6 is 0 Å². The Morgan fingerprint density at radius 3 is 2.56 bits per heavy atom. The summed E-state index contributed by atoms with van der Waals surface area (Å²) < 4.78 is 0. The molecule has 0 aliphatic heterocycles. The summed E-state index contributed by atoms with van der Waals surface area (Å²) in [6, 6.07) is 8.13. The standard InChI is InChI=1S/C10H7N3O3/c14-10-11-6-8(13(15)16)9(12-10)7-4-2-1-3-5-7/h1-6H,(H,11,12,14). The van der Waals surface area contributed by atoms with Gasteiger partial charge in [-0.25, -0.2) is 0 Å². The molecule has 0 atom stereocenters. The van der Waals surface area contributed by atoms with Gasteiger partial charge in [-0.2, -0.15) is 9.97 Å². The van der Waals surface area contributed by atoms with Crippen LogP contribution in [0.2, 0.25) is 0 Å². The maximum Gasteiger partial charge on any atom is 0.314 e. The lowest BCUT2D eigenvalue weighted by Gasteiger charge is -2.01. The second kappa shape index (κ2) is 3.93. The van der Waals surface area contributed by atoms with Gasteiger partial charge in [0.25, 0.3) is 0 Å². The van der Waals surface area contributed by atoms with E-state index in [4.69, 9.17) is 5.11 Å². The van der Waals surface area contributed by atoms with Crippen molar-refractivity contribution in [2.75, 3.05) is 0 Å². The monoisotopic (exact) mass is 217 g/mol. The van der Waals surface area contributed by atoms with Gasteiger partial charge in [0.15, 0.2) is 5.69 Å². The molecule has 0 saturated carbocycles. The largest absolute Gasteiger partial charge is 0.479 e. The van der Waals surface area contributed by atoms with Gasteiger partial charge in [0.2, 0.25) is 0 Å². The number of hydrogen-bond donors (Lipinski definition) is 1. The van der Waals surface area contributed by atoms with E-state index in [-0.39, 0.29) is 11.4 Å². The quantitative estimate of drug-likeness (QED) is 0.611. The number of benzene rings is 1. The summed E-state index contributed by atoms with van der Waals surface area (Å²) in [5, 5.41) is 19.9. The Kier molecular flexibility index (Phi) is 2.47. The van der Waals surface area contributed by atoms with Crippen molar-refractivity contribution in [1.29, 1.82) is 0 Å². The third kappa shape index (κ3) is 1.81. The van der Waals surface area contributed by atoms with Gasteiger partial charge in [-0.05, 0) is 0 Å². The fraction of sp³-hybridized carbons (Fsp3) is 0. The molecule has 0 saturated heterocycles. The molecular formula is C10H7N3O3. The van der Waals surface area contributed by atoms with Crippen molar-refractivity contribution >= 4 is 5.69 Å². The molecule has 80 valence electrons. The first-order chi connectivity index (χ1) is 7.68. The van der Waals surface area contributed by atoms with Gasteiger partial charge in [0, 0.05) is 5.56 Å². The fourth-order valence-electron chi connectivity index (χ4n) is 1.31. The van der Waals surface area contributed by atoms with Crippen molar-refractivity contribution in [3.63, 3.8) is 0 Å². The van der Waals surface area contributed by atoms with E-state index in [2.05, 4.69) is 9.97 Å². The summed E-state index contributed by atoms with van der Waals surface area (Å²) in [6.07, 6.45) is 0.991. The van der Waals surface area contributed by atoms with E-state index in [1.807, 2.05) is 0 Å². The highest BCUT2D eigenvalue weighted by Gasteiger charge is 2.18. The molecule has 16 heavy (non-hydrogen) atoms. The summed E-state index contributed by atoms with van der Waals surface area (Å²) in [5.41, 5.74) is 0.439. The smallest absolute Gasteiger partial charge is 0.314 e. The third-order valence-corrected chi connectivity index (χ3v) is 2.00. The Labute approximate surface area is 90.4 Å². The van der Waals surface area contributed by atoms with E-state index in [1.165, 1.54) is 0 Å². The molecule has 1 aromatic heterocycles. The van der Waals surface area contributed by atoms with Crippen LogP contribution in [-0.4, -0.2) is 20.0 Å². The molecule has 6 nitrogen and oxygen atoms in total. The normalized spacial score (nSPS) is 10.0. The Morgan fingerprint density at radius 1 is 1.25 bits per heavy atom. The minimum atomic E-state index is -0.582.